The standard InChI is InChI=1S/C20H13ClFN5O5S2/c1-23-14-8-13-11(7-12(14)22)18(28)27(19(29)24-13)15-9-16(33-17(15)21)26(20(30)25-34(31)32)10-5-3-2-4-6-10/h2-9,23H,1H3,(H,24,29). The van der Waals surface area contributed by atoms with Gasteiger partial charge in [0.05, 0.1) is 28.0 Å². The summed E-state index contributed by atoms with van der Waals surface area (Å²) in [6.07, 6.45) is 0. The summed E-state index contributed by atoms with van der Waals surface area (Å²) in [6, 6.07) is 10.4. The fourth-order valence-corrected chi connectivity index (χ4v) is 4.74. The minimum absolute atomic E-state index is 0.0498. The number of nitrogens with one attached hydrogen (secondary N) is 2. The van der Waals surface area contributed by atoms with Crippen LogP contribution in [0.2, 0.25) is 4.34 Å². The van der Waals surface area contributed by atoms with Crippen molar-refractivity contribution in [2.75, 3.05) is 17.3 Å². The lowest BCUT2D eigenvalue weighted by atomic mass is 10.2. The Morgan fingerprint density at radius 3 is 2.56 bits per heavy atom. The Morgan fingerprint density at radius 1 is 1.21 bits per heavy atom. The van der Waals surface area contributed by atoms with Crippen LogP contribution in [0.5, 0.6) is 0 Å². The van der Waals surface area contributed by atoms with E-state index in [1.54, 1.807) is 18.2 Å². The number of urea groups is 1. The second kappa shape index (κ2) is 9.21. The summed E-state index contributed by atoms with van der Waals surface area (Å²) in [6.45, 7) is 0. The molecule has 0 aliphatic rings. The average molecular weight is 522 g/mol. The van der Waals surface area contributed by atoms with Crippen molar-refractivity contribution in [1.82, 2.24) is 9.55 Å². The first kappa shape index (κ1) is 23.4. The average Bonchev–Trinajstić information content (AvgIpc) is 3.15. The van der Waals surface area contributed by atoms with Crippen LogP contribution in [0, 0.1) is 5.82 Å². The molecule has 10 nitrogen and oxygen atoms in total. The number of amides is 2. The number of para-hydroxylation sites is 1. The number of nitrogens with zero attached hydrogens (tertiary/aromatic N) is 3. The molecule has 14 heteroatoms. The van der Waals surface area contributed by atoms with E-state index >= 15 is 0 Å². The summed E-state index contributed by atoms with van der Waals surface area (Å²) in [5.74, 6) is -0.698. The monoisotopic (exact) mass is 521 g/mol. The van der Waals surface area contributed by atoms with Gasteiger partial charge in [-0.3, -0.25) is 9.69 Å². The first-order chi connectivity index (χ1) is 16.2. The molecule has 2 aromatic carbocycles. The van der Waals surface area contributed by atoms with Crippen molar-refractivity contribution in [3.05, 3.63) is 79.5 Å². The molecule has 34 heavy (non-hydrogen) atoms. The van der Waals surface area contributed by atoms with Crippen LogP contribution in [0.25, 0.3) is 16.6 Å². The number of anilines is 3. The van der Waals surface area contributed by atoms with Crippen LogP contribution in [0.3, 0.4) is 0 Å². The van der Waals surface area contributed by atoms with Crippen LogP contribution >= 0.6 is 22.9 Å². The quantitative estimate of drug-likeness (QED) is 0.418. The number of H-pyrrole nitrogens is 1. The third kappa shape index (κ3) is 4.23. The lowest BCUT2D eigenvalue weighted by Crippen LogP contribution is -2.33. The molecule has 0 unspecified atom stereocenters. The zero-order chi connectivity index (χ0) is 24.6. The van der Waals surface area contributed by atoms with Crippen LogP contribution < -0.4 is 21.5 Å². The maximum atomic E-state index is 14.3. The van der Waals surface area contributed by atoms with Gasteiger partial charge in [0.15, 0.2) is 0 Å². The van der Waals surface area contributed by atoms with Gasteiger partial charge in [-0.1, -0.05) is 34.2 Å². The molecule has 0 atom stereocenters. The van der Waals surface area contributed by atoms with Gasteiger partial charge in [-0.25, -0.2) is 18.5 Å². The molecule has 0 saturated carbocycles. The SMILES string of the molecule is CNc1cc2[nH]c(=O)n(-c3cc(N(C(=O)N=S(=O)=O)c4ccccc4)sc3Cl)c(=O)c2cc1F. The van der Waals surface area contributed by atoms with Crippen molar-refractivity contribution in [3.63, 3.8) is 0 Å². The van der Waals surface area contributed by atoms with Crippen LogP contribution in [-0.2, 0) is 10.5 Å². The normalized spacial score (nSPS) is 10.8. The summed E-state index contributed by atoms with van der Waals surface area (Å²) in [7, 11) is -1.53. The Kier molecular flexibility index (Phi) is 6.32. The minimum Gasteiger partial charge on any atom is -0.386 e. The van der Waals surface area contributed by atoms with E-state index in [0.29, 0.717) is 4.57 Å². The van der Waals surface area contributed by atoms with Crippen molar-refractivity contribution < 1.29 is 17.6 Å². The third-order valence-electron chi connectivity index (χ3n) is 4.73. The van der Waals surface area contributed by atoms with Crippen molar-refractivity contribution in [3.8, 4) is 5.69 Å². The topological polar surface area (TPSA) is 134 Å². The van der Waals surface area contributed by atoms with E-state index in [4.69, 9.17) is 11.6 Å². The van der Waals surface area contributed by atoms with Gasteiger partial charge in [-0.2, -0.15) is 8.42 Å². The molecule has 4 rings (SSSR count). The number of fused-ring (bicyclic) bond motifs is 1. The third-order valence-corrected chi connectivity index (χ3v) is 6.36. The summed E-state index contributed by atoms with van der Waals surface area (Å²) >= 11 is 7.14. The van der Waals surface area contributed by atoms with Gasteiger partial charge in [0.2, 0.25) is 0 Å². The van der Waals surface area contributed by atoms with Crippen LogP contribution in [-0.4, -0.2) is 31.0 Å². The van der Waals surface area contributed by atoms with Gasteiger partial charge >= 0.3 is 22.2 Å². The molecule has 0 bridgehead atoms. The van der Waals surface area contributed by atoms with Gasteiger partial charge in [0, 0.05) is 7.05 Å². The molecule has 2 amide bonds. The molecule has 0 aliphatic carbocycles. The fourth-order valence-electron chi connectivity index (χ4n) is 3.27. The predicted octanol–water partition coefficient (Wildman–Crippen LogP) is 3.90. The van der Waals surface area contributed by atoms with E-state index in [1.165, 1.54) is 31.3 Å². The Morgan fingerprint density at radius 2 is 1.91 bits per heavy atom. The first-order valence-corrected chi connectivity index (χ1v) is 11.6. The van der Waals surface area contributed by atoms with Crippen LogP contribution in [0.1, 0.15) is 0 Å². The number of halogens is 2. The summed E-state index contributed by atoms with van der Waals surface area (Å²) in [5, 5.41) is 2.61. The summed E-state index contributed by atoms with van der Waals surface area (Å²) < 4.78 is 39.9. The summed E-state index contributed by atoms with van der Waals surface area (Å²) in [4.78, 5) is 41.9. The molecule has 0 aliphatic heterocycles. The number of rotatable bonds is 4. The van der Waals surface area contributed by atoms with Crippen molar-refractivity contribution in [1.29, 1.82) is 0 Å². The maximum Gasteiger partial charge on any atom is 0.368 e. The number of benzene rings is 2. The maximum absolute atomic E-state index is 14.3. The number of carbonyl (C=O) groups is 1. The molecule has 2 aromatic heterocycles. The zero-order valence-electron chi connectivity index (χ0n) is 17.1. The van der Waals surface area contributed by atoms with E-state index in [0.717, 1.165) is 22.3 Å². The highest BCUT2D eigenvalue weighted by atomic mass is 35.5. The lowest BCUT2D eigenvalue weighted by Gasteiger charge is -2.17. The molecule has 0 radical (unpaired) electrons. The number of hydrogen-bond donors (Lipinski definition) is 2. The molecular weight excluding hydrogens is 509 g/mol. The first-order valence-electron chi connectivity index (χ1n) is 9.37. The van der Waals surface area contributed by atoms with Crippen LogP contribution in [0.15, 0.2) is 62.5 Å². The van der Waals surface area contributed by atoms with Gasteiger partial charge in [0.25, 0.3) is 5.56 Å². The van der Waals surface area contributed by atoms with Crippen molar-refractivity contribution >= 4 is 66.7 Å². The van der Waals surface area contributed by atoms with Gasteiger partial charge in [0.1, 0.15) is 15.2 Å². The molecule has 2 heterocycles. The fraction of sp³-hybridized carbons (Fsp3) is 0.0500. The molecule has 0 spiro atoms. The number of carbonyl (C=O) groups excluding carboxylic acids is 1. The van der Waals surface area contributed by atoms with Crippen molar-refractivity contribution in [2.45, 2.75) is 0 Å². The second-order valence-electron chi connectivity index (χ2n) is 6.70. The Labute approximate surface area is 200 Å². The lowest BCUT2D eigenvalue weighted by molar-refractivity contribution is 0.256. The molecule has 4 aromatic rings. The van der Waals surface area contributed by atoms with Crippen LogP contribution in [0.4, 0.5) is 25.6 Å². The predicted molar refractivity (Wildman–Crippen MR) is 128 cm³/mol. The Balaban J connectivity index is 1.93. The molecule has 0 fully saturated rings. The van der Waals surface area contributed by atoms with Gasteiger partial charge in [-0.05, 0) is 30.3 Å². The molecular formula is C20H13ClFN5O5S2. The highest BCUT2D eigenvalue weighted by Gasteiger charge is 2.24. The molecule has 0 saturated heterocycles. The van der Waals surface area contributed by atoms with E-state index in [1.807, 2.05) is 0 Å². The Bertz CT molecular complexity index is 1690. The van der Waals surface area contributed by atoms with E-state index in [2.05, 4.69) is 14.7 Å². The highest BCUT2D eigenvalue weighted by Crippen LogP contribution is 2.39. The largest absolute Gasteiger partial charge is 0.386 e. The summed E-state index contributed by atoms with van der Waals surface area (Å²) in [5.41, 5.74) is -1.29. The smallest absolute Gasteiger partial charge is 0.368 e. The molecule has 174 valence electrons. The zero-order valence-corrected chi connectivity index (χ0v) is 19.5. The number of aromatic nitrogens is 2. The number of hydrogen-bond acceptors (Lipinski definition) is 7. The highest BCUT2D eigenvalue weighted by molar-refractivity contribution is 7.62. The van der Waals surface area contributed by atoms with E-state index in [9.17, 15) is 27.2 Å². The number of thiophene rings is 1. The van der Waals surface area contributed by atoms with Gasteiger partial charge < -0.3 is 10.3 Å². The van der Waals surface area contributed by atoms with E-state index < -0.39 is 33.6 Å². The van der Waals surface area contributed by atoms with Gasteiger partial charge in [-0.15, -0.1) is 11.3 Å². The second-order valence-corrected chi connectivity index (χ2v) is 8.95. The minimum atomic E-state index is -3.02. The molecule has 2 N–H and O–H groups in total. The number of aromatic amines is 1. The Hall–Kier alpha value is -3.81. The van der Waals surface area contributed by atoms with Crippen molar-refractivity contribution in [2.24, 2.45) is 4.36 Å². The van der Waals surface area contributed by atoms with E-state index in [-0.39, 0.29) is 37.3 Å².